The topological polar surface area (TPSA) is 96.3 Å². The van der Waals surface area contributed by atoms with Crippen LogP contribution in [0.25, 0.3) is 22.2 Å². The van der Waals surface area contributed by atoms with Crippen LogP contribution in [0, 0.1) is 0 Å². The Kier molecular flexibility index (Phi) is 2.19. The van der Waals surface area contributed by atoms with E-state index in [1.807, 2.05) is 6.07 Å². The Morgan fingerprint density at radius 2 is 2.30 bits per heavy atom. The third kappa shape index (κ3) is 1.60. The first-order valence-corrected chi connectivity index (χ1v) is 6.10. The van der Waals surface area contributed by atoms with E-state index in [1.165, 1.54) is 0 Å². The molecule has 100 valence electrons. The fourth-order valence-corrected chi connectivity index (χ4v) is 2.29. The Hall–Kier alpha value is -2.67. The summed E-state index contributed by atoms with van der Waals surface area (Å²) in [5, 5.41) is 14.3. The summed E-state index contributed by atoms with van der Waals surface area (Å²) in [6.07, 6.45) is 4.98. The third-order valence-electron chi connectivity index (χ3n) is 3.30. The van der Waals surface area contributed by atoms with Crippen LogP contribution in [-0.2, 0) is 4.74 Å². The molecule has 1 saturated heterocycles. The molecule has 1 atom stereocenters. The summed E-state index contributed by atoms with van der Waals surface area (Å²) in [5.41, 5.74) is 2.10. The average molecular weight is 270 g/mol. The number of ether oxygens (including phenoxy) is 1. The minimum absolute atomic E-state index is 0.0224. The van der Waals surface area contributed by atoms with Crippen molar-refractivity contribution in [2.24, 2.45) is 0 Å². The van der Waals surface area contributed by atoms with Crippen LogP contribution in [0.2, 0.25) is 0 Å². The summed E-state index contributed by atoms with van der Waals surface area (Å²) in [6.45, 7) is 0.566. The summed E-state index contributed by atoms with van der Waals surface area (Å²) in [4.78, 5) is 18.6. The molecule has 7 nitrogen and oxygen atoms in total. The SMILES string of the molecule is O=C(O)c1nn(C2CO2)cc1-c1ccnc2[nH]ccc12. The fourth-order valence-electron chi connectivity index (χ4n) is 2.29. The molecule has 20 heavy (non-hydrogen) atoms. The van der Waals surface area contributed by atoms with Crippen LogP contribution in [0.4, 0.5) is 0 Å². The molecule has 1 unspecified atom stereocenters. The van der Waals surface area contributed by atoms with E-state index in [-0.39, 0.29) is 11.9 Å². The molecule has 1 aliphatic heterocycles. The van der Waals surface area contributed by atoms with Gasteiger partial charge < -0.3 is 14.8 Å². The highest BCUT2D eigenvalue weighted by atomic mass is 16.6. The van der Waals surface area contributed by atoms with Crippen molar-refractivity contribution in [3.63, 3.8) is 0 Å². The lowest BCUT2D eigenvalue weighted by atomic mass is 10.0. The van der Waals surface area contributed by atoms with Crippen molar-refractivity contribution >= 4 is 17.0 Å². The maximum Gasteiger partial charge on any atom is 0.357 e. The third-order valence-corrected chi connectivity index (χ3v) is 3.30. The van der Waals surface area contributed by atoms with E-state index in [2.05, 4.69) is 15.1 Å². The zero-order valence-electron chi connectivity index (χ0n) is 10.3. The number of carboxylic acids is 1. The van der Waals surface area contributed by atoms with Crippen LogP contribution in [0.3, 0.4) is 0 Å². The summed E-state index contributed by atoms with van der Waals surface area (Å²) >= 11 is 0. The lowest BCUT2D eigenvalue weighted by molar-refractivity contribution is 0.0690. The highest BCUT2D eigenvalue weighted by Crippen LogP contribution is 2.32. The number of hydrogen-bond donors (Lipinski definition) is 2. The van der Waals surface area contributed by atoms with Gasteiger partial charge in [-0.2, -0.15) is 5.10 Å². The number of nitrogens with one attached hydrogen (secondary N) is 1. The lowest BCUT2D eigenvalue weighted by Crippen LogP contribution is -2.02. The second-order valence-corrected chi connectivity index (χ2v) is 4.56. The maximum atomic E-state index is 11.4. The van der Waals surface area contributed by atoms with Crippen molar-refractivity contribution in [2.75, 3.05) is 6.61 Å². The van der Waals surface area contributed by atoms with Gasteiger partial charge in [0.1, 0.15) is 5.65 Å². The zero-order chi connectivity index (χ0) is 13.7. The molecule has 4 rings (SSSR count). The van der Waals surface area contributed by atoms with Crippen LogP contribution in [-0.4, -0.2) is 37.4 Å². The number of rotatable bonds is 3. The second-order valence-electron chi connectivity index (χ2n) is 4.56. The van der Waals surface area contributed by atoms with Gasteiger partial charge in [0, 0.05) is 29.5 Å². The van der Waals surface area contributed by atoms with Gasteiger partial charge in [-0.1, -0.05) is 0 Å². The van der Waals surface area contributed by atoms with Gasteiger partial charge in [0.2, 0.25) is 0 Å². The first-order chi connectivity index (χ1) is 9.74. The molecule has 2 N–H and O–H groups in total. The Balaban J connectivity index is 1.96. The molecular formula is C13H10N4O3. The number of epoxide rings is 1. The van der Waals surface area contributed by atoms with Crippen molar-refractivity contribution in [3.05, 3.63) is 36.4 Å². The Labute approximate surface area is 112 Å². The molecule has 1 fully saturated rings. The predicted octanol–water partition coefficient (Wildman–Crippen LogP) is 1.65. The molecular weight excluding hydrogens is 260 g/mol. The second kappa shape index (κ2) is 3.91. The van der Waals surface area contributed by atoms with E-state index in [0.29, 0.717) is 17.8 Å². The first-order valence-electron chi connectivity index (χ1n) is 6.10. The van der Waals surface area contributed by atoms with E-state index in [4.69, 9.17) is 4.74 Å². The highest BCUT2D eigenvalue weighted by molar-refractivity contribution is 6.00. The van der Waals surface area contributed by atoms with Gasteiger partial charge in [-0.15, -0.1) is 0 Å². The molecule has 0 spiro atoms. The minimum Gasteiger partial charge on any atom is -0.476 e. The normalized spacial score (nSPS) is 17.5. The molecule has 0 saturated carbocycles. The van der Waals surface area contributed by atoms with Crippen molar-refractivity contribution in [3.8, 4) is 11.1 Å². The predicted molar refractivity (Wildman–Crippen MR) is 69.3 cm³/mol. The molecule has 0 bridgehead atoms. The van der Waals surface area contributed by atoms with Gasteiger partial charge in [0.15, 0.2) is 11.9 Å². The Morgan fingerprint density at radius 3 is 3.05 bits per heavy atom. The molecule has 3 aromatic heterocycles. The molecule has 0 radical (unpaired) electrons. The van der Waals surface area contributed by atoms with E-state index >= 15 is 0 Å². The minimum atomic E-state index is -1.06. The van der Waals surface area contributed by atoms with Crippen molar-refractivity contribution in [1.29, 1.82) is 0 Å². The van der Waals surface area contributed by atoms with Gasteiger partial charge in [-0.3, -0.25) is 0 Å². The standard InChI is InChI=1S/C13H10N4O3/c18-13(19)11-9(5-17(16-11)10-6-20-10)7-1-3-14-12-8(7)2-4-15-12/h1-5,10H,6H2,(H,14,15)(H,18,19). The van der Waals surface area contributed by atoms with Crippen molar-refractivity contribution in [2.45, 2.75) is 6.23 Å². The largest absolute Gasteiger partial charge is 0.476 e. The quantitative estimate of drug-likeness (QED) is 0.705. The molecule has 4 heterocycles. The number of hydrogen-bond acceptors (Lipinski definition) is 4. The number of aromatic carboxylic acids is 1. The zero-order valence-corrected chi connectivity index (χ0v) is 10.3. The number of nitrogens with zero attached hydrogens (tertiary/aromatic N) is 3. The average Bonchev–Trinajstić information content (AvgIpc) is 3.02. The van der Waals surface area contributed by atoms with Crippen LogP contribution >= 0.6 is 0 Å². The molecule has 0 amide bonds. The number of fused-ring (bicyclic) bond motifs is 1. The van der Waals surface area contributed by atoms with Crippen molar-refractivity contribution in [1.82, 2.24) is 19.7 Å². The van der Waals surface area contributed by atoms with E-state index in [1.54, 1.807) is 29.3 Å². The maximum absolute atomic E-state index is 11.4. The number of aromatic nitrogens is 4. The van der Waals surface area contributed by atoms with E-state index < -0.39 is 5.97 Å². The van der Waals surface area contributed by atoms with Crippen LogP contribution in [0.1, 0.15) is 16.7 Å². The number of carbonyl (C=O) groups is 1. The van der Waals surface area contributed by atoms with Crippen LogP contribution in [0.15, 0.2) is 30.7 Å². The molecule has 0 aromatic carbocycles. The van der Waals surface area contributed by atoms with E-state index in [9.17, 15) is 9.90 Å². The van der Waals surface area contributed by atoms with Gasteiger partial charge in [0.25, 0.3) is 0 Å². The van der Waals surface area contributed by atoms with Crippen LogP contribution < -0.4 is 0 Å². The number of pyridine rings is 1. The van der Waals surface area contributed by atoms with Gasteiger partial charge in [-0.05, 0) is 17.7 Å². The Bertz CT molecular complexity index is 816. The Morgan fingerprint density at radius 1 is 1.45 bits per heavy atom. The van der Waals surface area contributed by atoms with E-state index in [0.717, 1.165) is 10.9 Å². The monoisotopic (exact) mass is 270 g/mol. The van der Waals surface area contributed by atoms with Gasteiger partial charge in [0.05, 0.1) is 6.61 Å². The summed E-state index contributed by atoms with van der Waals surface area (Å²) in [5.74, 6) is -1.06. The summed E-state index contributed by atoms with van der Waals surface area (Å²) in [7, 11) is 0. The molecule has 7 heteroatoms. The van der Waals surface area contributed by atoms with Crippen molar-refractivity contribution < 1.29 is 14.6 Å². The lowest BCUT2D eigenvalue weighted by Gasteiger charge is -2.00. The molecule has 1 aliphatic rings. The fraction of sp³-hybridized carbons (Fsp3) is 0.154. The smallest absolute Gasteiger partial charge is 0.357 e. The number of aromatic amines is 1. The van der Waals surface area contributed by atoms with Gasteiger partial charge >= 0.3 is 5.97 Å². The molecule has 0 aliphatic carbocycles. The summed E-state index contributed by atoms with van der Waals surface area (Å²) < 4.78 is 6.69. The highest BCUT2D eigenvalue weighted by Gasteiger charge is 2.29. The van der Waals surface area contributed by atoms with Crippen LogP contribution in [0.5, 0.6) is 0 Å². The molecule has 3 aromatic rings. The number of H-pyrrole nitrogens is 1. The summed E-state index contributed by atoms with van der Waals surface area (Å²) in [6, 6.07) is 3.66. The number of carboxylic acid groups (broad SMARTS) is 1. The first kappa shape index (κ1) is 11.2. The van der Waals surface area contributed by atoms with Gasteiger partial charge in [-0.25, -0.2) is 14.5 Å².